The van der Waals surface area contributed by atoms with Crippen molar-refractivity contribution in [2.45, 2.75) is 72.5 Å². The minimum absolute atomic E-state index is 0.0582. The molecule has 10 heteroatoms. The predicted molar refractivity (Wildman–Crippen MR) is 158 cm³/mol. The molecule has 2 aromatic heterocycles. The highest BCUT2D eigenvalue weighted by Gasteiger charge is 2.28. The molecule has 0 radical (unpaired) electrons. The summed E-state index contributed by atoms with van der Waals surface area (Å²) < 4.78 is 0. The molecule has 40 heavy (non-hydrogen) atoms. The van der Waals surface area contributed by atoms with Gasteiger partial charge >= 0.3 is 0 Å². The van der Waals surface area contributed by atoms with Gasteiger partial charge in [0.25, 0.3) is 11.5 Å². The Kier molecular flexibility index (Phi) is 9.19. The lowest BCUT2D eigenvalue weighted by Gasteiger charge is -2.39. The molecule has 4 rings (SSSR count). The zero-order chi connectivity index (χ0) is 29.0. The molecule has 4 N–H and O–H groups in total. The number of pyridine rings is 2. The number of hydrogen-bond donors (Lipinski definition) is 4. The van der Waals surface area contributed by atoms with Gasteiger partial charge in [0.1, 0.15) is 5.82 Å². The molecular formula is C30H41N7O3. The fraction of sp³-hybridized carbons (Fsp3) is 0.500. The van der Waals surface area contributed by atoms with Crippen molar-refractivity contribution in [1.29, 1.82) is 5.41 Å². The van der Waals surface area contributed by atoms with E-state index in [1.54, 1.807) is 13.0 Å². The van der Waals surface area contributed by atoms with Crippen LogP contribution in [0.3, 0.4) is 0 Å². The number of amides is 2. The highest BCUT2D eigenvalue weighted by atomic mass is 16.2. The van der Waals surface area contributed by atoms with Crippen molar-refractivity contribution in [2.24, 2.45) is 0 Å². The quantitative estimate of drug-likeness (QED) is 0.375. The topological polar surface area (TPSA) is 134 Å². The van der Waals surface area contributed by atoms with E-state index in [4.69, 9.17) is 10.4 Å². The Labute approximate surface area is 235 Å². The number of carbonyl (C=O) groups excluding carboxylic acids is 2. The molecule has 0 saturated carbocycles. The Balaban J connectivity index is 1.56. The summed E-state index contributed by atoms with van der Waals surface area (Å²) in [6, 6.07) is 4.16. The van der Waals surface area contributed by atoms with E-state index in [1.807, 2.05) is 38.7 Å². The van der Waals surface area contributed by atoms with Gasteiger partial charge in [-0.2, -0.15) is 0 Å². The van der Waals surface area contributed by atoms with E-state index in [1.165, 1.54) is 0 Å². The van der Waals surface area contributed by atoms with Gasteiger partial charge in [-0.05, 0) is 70.2 Å². The van der Waals surface area contributed by atoms with Crippen LogP contribution in [0.25, 0.3) is 5.57 Å². The Morgan fingerprint density at radius 1 is 1.20 bits per heavy atom. The number of H-pyrrole nitrogens is 1. The minimum Gasteiger partial charge on any atom is -0.367 e. The predicted octanol–water partition coefficient (Wildman–Crippen LogP) is 3.23. The molecule has 0 aromatic carbocycles. The highest BCUT2D eigenvalue weighted by Crippen LogP contribution is 2.29. The molecule has 10 nitrogen and oxygen atoms in total. The van der Waals surface area contributed by atoms with E-state index < -0.39 is 0 Å². The van der Waals surface area contributed by atoms with Gasteiger partial charge in [0.05, 0.1) is 11.3 Å². The van der Waals surface area contributed by atoms with Crippen LogP contribution in [0.5, 0.6) is 0 Å². The summed E-state index contributed by atoms with van der Waals surface area (Å²) in [6.45, 7) is 12.7. The molecule has 214 valence electrons. The summed E-state index contributed by atoms with van der Waals surface area (Å²) in [5, 5.41) is 14.3. The van der Waals surface area contributed by atoms with Gasteiger partial charge < -0.3 is 25.9 Å². The molecule has 1 saturated heterocycles. The lowest BCUT2D eigenvalue weighted by Crippen LogP contribution is -2.47. The van der Waals surface area contributed by atoms with Crippen molar-refractivity contribution < 1.29 is 9.59 Å². The lowest BCUT2D eigenvalue weighted by atomic mass is 9.96. The second-order valence-electron chi connectivity index (χ2n) is 11.1. The van der Waals surface area contributed by atoms with Crippen molar-refractivity contribution in [1.82, 2.24) is 25.1 Å². The first kappa shape index (κ1) is 29.2. The number of aromatic amines is 1. The standard InChI is InChI=1S/C30H41N7O3/c1-18(2)33-28-25(16-31)24(29(39)32-17-26-19(3)14-20(4)34-30(26)40)15-27(35-28)22-6-10-37(11-7-22)23-8-12-36(13-9-23)21(5)38/h6,14-16,18,23,31H,7-13,17H2,1-5H3,(H,32,39)(H,33,35)(H,34,40). The van der Waals surface area contributed by atoms with E-state index in [-0.39, 0.29) is 30.0 Å². The van der Waals surface area contributed by atoms with Crippen molar-refractivity contribution >= 4 is 29.4 Å². The number of anilines is 1. The maximum Gasteiger partial charge on any atom is 0.253 e. The second-order valence-corrected chi connectivity index (χ2v) is 11.1. The third-order valence-corrected chi connectivity index (χ3v) is 7.79. The van der Waals surface area contributed by atoms with Crippen LogP contribution in [0.1, 0.15) is 78.5 Å². The third kappa shape index (κ3) is 6.67. The first-order valence-corrected chi connectivity index (χ1v) is 14.1. The molecule has 4 heterocycles. The van der Waals surface area contributed by atoms with Crippen LogP contribution in [0, 0.1) is 19.3 Å². The Morgan fingerprint density at radius 3 is 2.50 bits per heavy atom. The van der Waals surface area contributed by atoms with Gasteiger partial charge in [-0.25, -0.2) is 4.98 Å². The number of piperidine rings is 1. The Morgan fingerprint density at radius 2 is 1.93 bits per heavy atom. The fourth-order valence-electron chi connectivity index (χ4n) is 5.60. The second kappa shape index (κ2) is 12.6. The maximum atomic E-state index is 13.5. The summed E-state index contributed by atoms with van der Waals surface area (Å²) in [6.07, 6.45) is 6.09. The molecule has 0 spiro atoms. The van der Waals surface area contributed by atoms with Gasteiger partial charge in [0, 0.05) is 74.8 Å². The Hall–Kier alpha value is -3.79. The summed E-state index contributed by atoms with van der Waals surface area (Å²) in [5.41, 5.74) is 4.43. The summed E-state index contributed by atoms with van der Waals surface area (Å²) in [5.74, 6) is 0.283. The summed E-state index contributed by atoms with van der Waals surface area (Å²) in [4.78, 5) is 49.6. The van der Waals surface area contributed by atoms with E-state index in [0.29, 0.717) is 34.2 Å². The smallest absolute Gasteiger partial charge is 0.253 e. The SMILES string of the molecule is CC(=O)N1CCC(N2CC=C(c3cc(C(=O)NCc4c(C)cc(C)[nH]c4=O)c(C=N)c(NC(C)C)n3)CC2)CC1. The van der Waals surface area contributed by atoms with Crippen LogP contribution in [0.2, 0.25) is 0 Å². The Bertz CT molecular complexity index is 1370. The number of aryl methyl sites for hydroxylation is 2. The fourth-order valence-corrected chi connectivity index (χ4v) is 5.60. The van der Waals surface area contributed by atoms with Crippen LogP contribution < -0.4 is 16.2 Å². The molecule has 0 unspecified atom stereocenters. The zero-order valence-electron chi connectivity index (χ0n) is 24.2. The van der Waals surface area contributed by atoms with Crippen LogP contribution in [0.15, 0.2) is 23.0 Å². The van der Waals surface area contributed by atoms with Crippen LogP contribution in [-0.4, -0.2) is 76.1 Å². The number of nitrogens with one attached hydrogen (secondary N) is 4. The number of carbonyl (C=O) groups is 2. The van der Waals surface area contributed by atoms with Gasteiger partial charge in [-0.1, -0.05) is 6.08 Å². The molecule has 2 aromatic rings. The number of hydrogen-bond acceptors (Lipinski definition) is 7. The largest absolute Gasteiger partial charge is 0.367 e. The highest BCUT2D eigenvalue weighted by molar-refractivity contribution is 6.05. The van der Waals surface area contributed by atoms with E-state index in [9.17, 15) is 14.4 Å². The molecule has 2 aliphatic rings. The van der Waals surface area contributed by atoms with Crippen LogP contribution in [-0.2, 0) is 11.3 Å². The molecule has 0 atom stereocenters. The van der Waals surface area contributed by atoms with Crippen LogP contribution >= 0.6 is 0 Å². The minimum atomic E-state index is -0.358. The van der Waals surface area contributed by atoms with E-state index >= 15 is 0 Å². The van der Waals surface area contributed by atoms with Gasteiger partial charge in [0.2, 0.25) is 5.91 Å². The first-order chi connectivity index (χ1) is 19.1. The van der Waals surface area contributed by atoms with Gasteiger partial charge in [0.15, 0.2) is 0 Å². The first-order valence-electron chi connectivity index (χ1n) is 14.1. The third-order valence-electron chi connectivity index (χ3n) is 7.79. The number of nitrogens with zero attached hydrogens (tertiary/aromatic N) is 3. The normalized spacial score (nSPS) is 16.6. The molecule has 0 aliphatic carbocycles. The number of rotatable bonds is 8. The van der Waals surface area contributed by atoms with E-state index in [0.717, 1.165) is 68.5 Å². The van der Waals surface area contributed by atoms with Crippen molar-refractivity contribution in [3.63, 3.8) is 0 Å². The lowest BCUT2D eigenvalue weighted by molar-refractivity contribution is -0.130. The molecule has 1 fully saturated rings. The maximum absolute atomic E-state index is 13.5. The van der Waals surface area contributed by atoms with Gasteiger partial charge in [-0.3, -0.25) is 19.3 Å². The van der Waals surface area contributed by atoms with Crippen molar-refractivity contribution in [3.05, 3.63) is 62.2 Å². The zero-order valence-corrected chi connectivity index (χ0v) is 24.2. The molecular weight excluding hydrogens is 506 g/mol. The average molecular weight is 548 g/mol. The monoisotopic (exact) mass is 547 g/mol. The van der Waals surface area contributed by atoms with Crippen molar-refractivity contribution in [2.75, 3.05) is 31.5 Å². The van der Waals surface area contributed by atoms with Gasteiger partial charge in [-0.15, -0.1) is 0 Å². The summed E-state index contributed by atoms with van der Waals surface area (Å²) in [7, 11) is 0. The van der Waals surface area contributed by atoms with Crippen molar-refractivity contribution in [3.8, 4) is 0 Å². The summed E-state index contributed by atoms with van der Waals surface area (Å²) >= 11 is 0. The van der Waals surface area contributed by atoms with Crippen LogP contribution in [0.4, 0.5) is 5.82 Å². The molecule has 2 amide bonds. The number of likely N-dealkylation sites (tertiary alicyclic amines) is 1. The molecule has 0 bridgehead atoms. The molecule has 2 aliphatic heterocycles. The van der Waals surface area contributed by atoms with E-state index in [2.05, 4.69) is 26.6 Å². The number of aromatic nitrogens is 2. The average Bonchev–Trinajstić information content (AvgIpc) is 2.91.